The zero-order chi connectivity index (χ0) is 13.0. The lowest BCUT2D eigenvalue weighted by atomic mass is 9.85. The van der Waals surface area contributed by atoms with Gasteiger partial charge in [0.05, 0.1) is 12.7 Å². The molecule has 0 aromatic heterocycles. The van der Waals surface area contributed by atoms with E-state index < -0.39 is 0 Å². The van der Waals surface area contributed by atoms with Crippen molar-refractivity contribution < 1.29 is 4.74 Å². The number of hydrogen-bond acceptors (Lipinski definition) is 2. The second-order valence-electron chi connectivity index (χ2n) is 5.22. The van der Waals surface area contributed by atoms with E-state index in [4.69, 9.17) is 22.1 Å². The third-order valence-electron chi connectivity index (χ3n) is 3.89. The van der Waals surface area contributed by atoms with Gasteiger partial charge in [-0.1, -0.05) is 43.9 Å². The fourth-order valence-corrected chi connectivity index (χ4v) is 2.85. The molecule has 0 heterocycles. The zero-order valence-corrected chi connectivity index (χ0v) is 11.7. The molecule has 2 nitrogen and oxygen atoms in total. The summed E-state index contributed by atoms with van der Waals surface area (Å²) in [5, 5.41) is 0.681. The molecule has 0 bridgehead atoms. The van der Waals surface area contributed by atoms with Crippen LogP contribution in [0.15, 0.2) is 18.2 Å². The summed E-state index contributed by atoms with van der Waals surface area (Å²) in [7, 11) is 0. The standard InChI is InChI=1S/C15H22ClNO/c1-2-11-4-3-5-14(8-11)18-10-12-6-7-13(16)9-15(12)17/h6-7,9,11,14H,2-5,8,10,17H2,1H3. The molecule has 2 rings (SSSR count). The lowest BCUT2D eigenvalue weighted by molar-refractivity contribution is 0.00202. The van der Waals surface area contributed by atoms with E-state index in [0.29, 0.717) is 17.7 Å². The van der Waals surface area contributed by atoms with Gasteiger partial charge in [0.25, 0.3) is 0 Å². The summed E-state index contributed by atoms with van der Waals surface area (Å²) in [6.07, 6.45) is 6.70. The predicted octanol–water partition coefficient (Wildman–Crippen LogP) is 4.41. The van der Waals surface area contributed by atoms with Crippen LogP contribution >= 0.6 is 11.6 Å². The molecule has 0 aliphatic heterocycles. The molecule has 18 heavy (non-hydrogen) atoms. The third-order valence-corrected chi connectivity index (χ3v) is 4.13. The van der Waals surface area contributed by atoms with E-state index in [-0.39, 0.29) is 0 Å². The highest BCUT2D eigenvalue weighted by Crippen LogP contribution is 2.29. The van der Waals surface area contributed by atoms with Crippen molar-refractivity contribution in [2.24, 2.45) is 5.92 Å². The number of ether oxygens (including phenoxy) is 1. The van der Waals surface area contributed by atoms with Gasteiger partial charge >= 0.3 is 0 Å². The first-order valence-electron chi connectivity index (χ1n) is 6.84. The topological polar surface area (TPSA) is 35.2 Å². The maximum absolute atomic E-state index is 6.00. The lowest BCUT2D eigenvalue weighted by Crippen LogP contribution is -2.22. The Kier molecular flexibility index (Phi) is 4.90. The highest BCUT2D eigenvalue weighted by Gasteiger charge is 2.21. The number of nitrogens with two attached hydrogens (primary N) is 1. The maximum atomic E-state index is 6.00. The Morgan fingerprint density at radius 3 is 2.94 bits per heavy atom. The molecule has 1 aromatic carbocycles. The maximum Gasteiger partial charge on any atom is 0.0740 e. The zero-order valence-electron chi connectivity index (χ0n) is 11.0. The second-order valence-corrected chi connectivity index (χ2v) is 5.65. The summed E-state index contributed by atoms with van der Waals surface area (Å²) < 4.78 is 6.00. The van der Waals surface area contributed by atoms with Crippen LogP contribution in [-0.2, 0) is 11.3 Å². The average molecular weight is 268 g/mol. The van der Waals surface area contributed by atoms with E-state index in [1.54, 1.807) is 6.07 Å². The minimum atomic E-state index is 0.402. The molecule has 2 N–H and O–H groups in total. The van der Waals surface area contributed by atoms with Gasteiger partial charge in [-0.25, -0.2) is 0 Å². The van der Waals surface area contributed by atoms with Gasteiger partial charge in [0.2, 0.25) is 0 Å². The molecule has 1 aromatic rings. The van der Waals surface area contributed by atoms with Gasteiger partial charge in [-0.2, -0.15) is 0 Å². The number of nitrogen functional groups attached to an aromatic ring is 1. The molecule has 2 atom stereocenters. The van der Waals surface area contributed by atoms with E-state index in [2.05, 4.69) is 6.92 Å². The van der Waals surface area contributed by atoms with E-state index in [1.807, 2.05) is 12.1 Å². The number of rotatable bonds is 4. The number of hydrogen-bond donors (Lipinski definition) is 1. The Labute approximate surface area is 114 Å². The molecule has 1 saturated carbocycles. The van der Waals surface area contributed by atoms with Crippen LogP contribution in [0.5, 0.6) is 0 Å². The summed E-state index contributed by atoms with van der Waals surface area (Å²) in [6, 6.07) is 5.61. The van der Waals surface area contributed by atoms with E-state index in [0.717, 1.165) is 17.2 Å². The fourth-order valence-electron chi connectivity index (χ4n) is 2.67. The highest BCUT2D eigenvalue weighted by molar-refractivity contribution is 6.30. The van der Waals surface area contributed by atoms with Gasteiger partial charge in [0, 0.05) is 16.3 Å². The molecular formula is C15H22ClNO. The highest BCUT2D eigenvalue weighted by atomic mass is 35.5. The smallest absolute Gasteiger partial charge is 0.0740 e. The predicted molar refractivity (Wildman–Crippen MR) is 76.7 cm³/mol. The first kappa shape index (κ1) is 13.7. The summed E-state index contributed by atoms with van der Waals surface area (Å²) in [5.74, 6) is 0.839. The molecule has 0 spiro atoms. The molecule has 3 heteroatoms. The van der Waals surface area contributed by atoms with Crippen LogP contribution in [0.3, 0.4) is 0 Å². The van der Waals surface area contributed by atoms with Crippen LogP contribution in [0.4, 0.5) is 5.69 Å². The van der Waals surface area contributed by atoms with Crippen LogP contribution in [0, 0.1) is 5.92 Å². The number of benzene rings is 1. The largest absolute Gasteiger partial charge is 0.398 e. The van der Waals surface area contributed by atoms with Crippen molar-refractivity contribution in [3.05, 3.63) is 28.8 Å². The molecule has 2 unspecified atom stereocenters. The third kappa shape index (κ3) is 3.63. The van der Waals surface area contributed by atoms with Crippen molar-refractivity contribution in [2.75, 3.05) is 5.73 Å². The van der Waals surface area contributed by atoms with E-state index >= 15 is 0 Å². The second kappa shape index (κ2) is 6.44. The molecule has 100 valence electrons. The first-order chi connectivity index (χ1) is 8.69. The SMILES string of the molecule is CCC1CCCC(OCc2ccc(Cl)cc2N)C1. The van der Waals surface area contributed by atoms with Crippen LogP contribution in [0.1, 0.15) is 44.6 Å². The molecule has 1 fully saturated rings. The van der Waals surface area contributed by atoms with Gasteiger partial charge < -0.3 is 10.5 Å². The summed E-state index contributed by atoms with van der Waals surface area (Å²) in [5.41, 5.74) is 7.69. The van der Waals surface area contributed by atoms with Crippen LogP contribution in [0.25, 0.3) is 0 Å². The monoisotopic (exact) mass is 267 g/mol. The Morgan fingerprint density at radius 1 is 1.39 bits per heavy atom. The van der Waals surface area contributed by atoms with Gasteiger partial charge in [0.1, 0.15) is 0 Å². The lowest BCUT2D eigenvalue weighted by Gasteiger charge is -2.28. The van der Waals surface area contributed by atoms with Crippen molar-refractivity contribution >= 4 is 17.3 Å². The molecular weight excluding hydrogens is 246 g/mol. The van der Waals surface area contributed by atoms with Crippen molar-refractivity contribution in [1.82, 2.24) is 0 Å². The minimum absolute atomic E-state index is 0.402. The van der Waals surface area contributed by atoms with Gasteiger partial charge in [-0.05, 0) is 30.9 Å². The Bertz CT molecular complexity index is 394. The van der Waals surface area contributed by atoms with Crippen molar-refractivity contribution in [3.8, 4) is 0 Å². The summed E-state index contributed by atoms with van der Waals surface area (Å²) in [4.78, 5) is 0. The molecule has 0 saturated heterocycles. The van der Waals surface area contributed by atoms with Crippen LogP contribution < -0.4 is 5.73 Å². The molecule has 1 aliphatic rings. The normalized spacial score (nSPS) is 24.1. The summed E-state index contributed by atoms with van der Waals surface area (Å²) in [6.45, 7) is 2.87. The van der Waals surface area contributed by atoms with Crippen LogP contribution in [-0.4, -0.2) is 6.10 Å². The molecule has 1 aliphatic carbocycles. The number of anilines is 1. The van der Waals surface area contributed by atoms with Crippen molar-refractivity contribution in [2.45, 2.75) is 51.7 Å². The van der Waals surface area contributed by atoms with Crippen molar-refractivity contribution in [1.29, 1.82) is 0 Å². The van der Waals surface area contributed by atoms with Crippen molar-refractivity contribution in [3.63, 3.8) is 0 Å². The Morgan fingerprint density at radius 2 is 2.22 bits per heavy atom. The Hall–Kier alpha value is -0.730. The quantitative estimate of drug-likeness (QED) is 0.821. The van der Waals surface area contributed by atoms with Crippen LogP contribution in [0.2, 0.25) is 5.02 Å². The van der Waals surface area contributed by atoms with Gasteiger partial charge in [-0.3, -0.25) is 0 Å². The van der Waals surface area contributed by atoms with E-state index in [1.165, 1.54) is 32.1 Å². The average Bonchev–Trinajstić information content (AvgIpc) is 2.38. The van der Waals surface area contributed by atoms with Gasteiger partial charge in [-0.15, -0.1) is 0 Å². The Balaban J connectivity index is 1.87. The van der Waals surface area contributed by atoms with E-state index in [9.17, 15) is 0 Å². The minimum Gasteiger partial charge on any atom is -0.398 e. The molecule has 0 radical (unpaired) electrons. The summed E-state index contributed by atoms with van der Waals surface area (Å²) >= 11 is 5.88. The molecule has 0 amide bonds. The fraction of sp³-hybridized carbons (Fsp3) is 0.600. The van der Waals surface area contributed by atoms with Gasteiger partial charge in [0.15, 0.2) is 0 Å². The first-order valence-corrected chi connectivity index (χ1v) is 7.22. The number of halogens is 1.